The molecule has 62 valence electrons. The molecule has 0 radical (unpaired) electrons. The summed E-state index contributed by atoms with van der Waals surface area (Å²) in [5.74, 6) is 0.364. The predicted octanol–water partition coefficient (Wildman–Crippen LogP) is 2.54. The third kappa shape index (κ3) is 1.48. The van der Waals surface area contributed by atoms with Crippen molar-refractivity contribution in [1.82, 2.24) is 0 Å². The molecule has 11 heavy (non-hydrogen) atoms. The van der Waals surface area contributed by atoms with Crippen LogP contribution in [0.2, 0.25) is 0 Å². The molecular weight excluding hydrogens is 160 g/mol. The fourth-order valence-electron chi connectivity index (χ4n) is 1.43. The van der Waals surface area contributed by atoms with Crippen LogP contribution < -0.4 is 0 Å². The molecule has 0 aromatic rings. The molecule has 0 aliphatic heterocycles. The molecule has 0 bridgehead atoms. The lowest BCUT2D eigenvalue weighted by molar-refractivity contribution is -0.120. The second-order valence-corrected chi connectivity index (χ2v) is 3.91. The smallest absolute Gasteiger partial charge is 0.151 e. The molecule has 1 aliphatic rings. The fraction of sp³-hybridized carbons (Fsp3) is 0.667. The Labute approximate surface area is 72.4 Å². The summed E-state index contributed by atoms with van der Waals surface area (Å²) in [5, 5.41) is 0. The molecule has 2 heteroatoms. The maximum atomic E-state index is 11.2. The van der Waals surface area contributed by atoms with Crippen molar-refractivity contribution in [3.8, 4) is 0 Å². The van der Waals surface area contributed by atoms with Crippen LogP contribution in [0, 0.1) is 5.92 Å². The summed E-state index contributed by atoms with van der Waals surface area (Å²) >= 11 is 6.16. The van der Waals surface area contributed by atoms with Crippen LogP contribution in [0.25, 0.3) is 0 Å². The Hall–Kier alpha value is -0.300. The zero-order valence-corrected chi connectivity index (χ0v) is 7.69. The molecule has 0 spiro atoms. The maximum absolute atomic E-state index is 11.2. The third-order valence-electron chi connectivity index (χ3n) is 2.44. The van der Waals surface area contributed by atoms with E-state index in [0.717, 1.165) is 6.42 Å². The summed E-state index contributed by atoms with van der Waals surface area (Å²) in [4.78, 5) is 10.5. The minimum Gasteiger partial charge on any atom is -0.298 e. The quantitative estimate of drug-likeness (QED) is 0.439. The number of carbonyl (C=O) groups is 1. The van der Waals surface area contributed by atoms with Crippen LogP contribution in [0.4, 0.5) is 0 Å². The average Bonchev–Trinajstić information content (AvgIpc) is 1.95. The average molecular weight is 173 g/mol. The first-order valence-electron chi connectivity index (χ1n) is 3.92. The molecule has 0 heterocycles. The van der Waals surface area contributed by atoms with Gasteiger partial charge in [-0.1, -0.05) is 19.1 Å². The van der Waals surface area contributed by atoms with Crippen LogP contribution in [0.15, 0.2) is 12.2 Å². The summed E-state index contributed by atoms with van der Waals surface area (Å²) in [5.41, 5.74) is 0. The minimum absolute atomic E-state index is 0.0935. The second-order valence-electron chi connectivity index (χ2n) is 3.23. The number of hydrogen-bond donors (Lipinski definition) is 0. The van der Waals surface area contributed by atoms with E-state index in [4.69, 9.17) is 11.6 Å². The summed E-state index contributed by atoms with van der Waals surface area (Å²) in [6.07, 6.45) is 5.69. The highest BCUT2D eigenvalue weighted by atomic mass is 35.5. The van der Waals surface area contributed by atoms with Gasteiger partial charge in [0.15, 0.2) is 5.78 Å². The number of ketones is 1. The standard InChI is InChI=1S/C9H13ClO/c1-7-5-3-4-6-9(7,10)8(2)11/h3-4,7H,5-6H2,1-2H3/t7-,9+/m0/s1. The number of Topliss-reactive ketones (excluding diaryl/α,β-unsaturated/α-hetero) is 1. The third-order valence-corrected chi connectivity index (χ3v) is 3.23. The van der Waals surface area contributed by atoms with Crippen molar-refractivity contribution >= 4 is 17.4 Å². The van der Waals surface area contributed by atoms with Crippen molar-refractivity contribution in [1.29, 1.82) is 0 Å². The number of allylic oxidation sites excluding steroid dienone is 2. The molecule has 0 saturated carbocycles. The summed E-state index contributed by atoms with van der Waals surface area (Å²) in [6, 6.07) is 0. The van der Waals surface area contributed by atoms with Gasteiger partial charge >= 0.3 is 0 Å². The van der Waals surface area contributed by atoms with Gasteiger partial charge in [-0.25, -0.2) is 0 Å². The first-order chi connectivity index (χ1) is 5.07. The molecule has 0 fully saturated rings. The molecule has 1 nitrogen and oxygen atoms in total. The SMILES string of the molecule is CC(=O)[C@@]1(Cl)CC=CC[C@@H]1C. The van der Waals surface area contributed by atoms with Crippen LogP contribution in [0.1, 0.15) is 26.7 Å². The summed E-state index contributed by atoms with van der Waals surface area (Å²) < 4.78 is 0. The molecule has 0 aromatic heterocycles. The molecule has 0 aromatic carbocycles. The number of carbonyl (C=O) groups excluding carboxylic acids is 1. The van der Waals surface area contributed by atoms with E-state index in [1.807, 2.05) is 13.0 Å². The van der Waals surface area contributed by atoms with Crippen LogP contribution in [-0.4, -0.2) is 10.7 Å². The van der Waals surface area contributed by atoms with E-state index < -0.39 is 4.87 Å². The van der Waals surface area contributed by atoms with Gasteiger partial charge in [0.05, 0.1) is 0 Å². The number of halogens is 1. The van der Waals surface area contributed by atoms with E-state index in [2.05, 4.69) is 6.08 Å². The van der Waals surface area contributed by atoms with Crippen molar-refractivity contribution in [2.45, 2.75) is 31.6 Å². The first-order valence-corrected chi connectivity index (χ1v) is 4.30. The highest BCUT2D eigenvalue weighted by Crippen LogP contribution is 2.36. The topological polar surface area (TPSA) is 17.1 Å². The lowest BCUT2D eigenvalue weighted by Crippen LogP contribution is -2.38. The van der Waals surface area contributed by atoms with E-state index in [1.54, 1.807) is 6.92 Å². The van der Waals surface area contributed by atoms with Gasteiger partial charge in [0.25, 0.3) is 0 Å². The van der Waals surface area contributed by atoms with Crippen LogP contribution >= 0.6 is 11.6 Å². The Kier molecular flexibility index (Phi) is 2.38. The predicted molar refractivity (Wildman–Crippen MR) is 46.8 cm³/mol. The number of hydrogen-bond acceptors (Lipinski definition) is 1. The highest BCUT2D eigenvalue weighted by molar-refractivity contribution is 6.35. The molecule has 0 saturated heterocycles. The van der Waals surface area contributed by atoms with Crippen LogP contribution in [0.5, 0.6) is 0 Å². The molecule has 2 atom stereocenters. The van der Waals surface area contributed by atoms with Gasteiger partial charge in [0.2, 0.25) is 0 Å². The minimum atomic E-state index is -0.616. The van der Waals surface area contributed by atoms with Crippen molar-refractivity contribution in [2.75, 3.05) is 0 Å². The highest BCUT2D eigenvalue weighted by Gasteiger charge is 2.38. The first kappa shape index (κ1) is 8.79. The van der Waals surface area contributed by atoms with E-state index in [1.165, 1.54) is 0 Å². The van der Waals surface area contributed by atoms with Gasteiger partial charge < -0.3 is 0 Å². The lowest BCUT2D eigenvalue weighted by atomic mass is 9.81. The van der Waals surface area contributed by atoms with Crippen molar-refractivity contribution in [3.05, 3.63) is 12.2 Å². The molecule has 0 N–H and O–H groups in total. The van der Waals surface area contributed by atoms with E-state index >= 15 is 0 Å². The Balaban J connectivity index is 2.84. The van der Waals surface area contributed by atoms with Gasteiger partial charge in [-0.05, 0) is 25.7 Å². The second kappa shape index (κ2) is 2.98. The number of alkyl halides is 1. The number of rotatable bonds is 1. The van der Waals surface area contributed by atoms with E-state index in [0.29, 0.717) is 6.42 Å². The lowest BCUT2D eigenvalue weighted by Gasteiger charge is -2.31. The van der Waals surface area contributed by atoms with Crippen LogP contribution in [-0.2, 0) is 4.79 Å². The van der Waals surface area contributed by atoms with Gasteiger partial charge in [0, 0.05) is 0 Å². The molecule has 1 rings (SSSR count). The summed E-state index contributed by atoms with van der Waals surface area (Å²) in [7, 11) is 0. The van der Waals surface area contributed by atoms with Crippen molar-refractivity contribution in [3.63, 3.8) is 0 Å². The normalized spacial score (nSPS) is 37.2. The Bertz CT molecular complexity index is 198. The monoisotopic (exact) mass is 172 g/mol. The van der Waals surface area contributed by atoms with Gasteiger partial charge in [0.1, 0.15) is 4.87 Å². The molecule has 0 unspecified atom stereocenters. The zero-order chi connectivity index (χ0) is 8.48. The van der Waals surface area contributed by atoms with Crippen molar-refractivity contribution < 1.29 is 4.79 Å². The maximum Gasteiger partial charge on any atom is 0.151 e. The van der Waals surface area contributed by atoms with Gasteiger partial charge in [-0.15, -0.1) is 11.6 Å². The fourth-order valence-corrected chi connectivity index (χ4v) is 1.61. The van der Waals surface area contributed by atoms with Gasteiger partial charge in [-0.2, -0.15) is 0 Å². The summed E-state index contributed by atoms with van der Waals surface area (Å²) in [6.45, 7) is 3.60. The zero-order valence-electron chi connectivity index (χ0n) is 6.93. The Morgan fingerprint density at radius 2 is 2.27 bits per heavy atom. The molecule has 1 aliphatic carbocycles. The van der Waals surface area contributed by atoms with Gasteiger partial charge in [-0.3, -0.25) is 4.79 Å². The van der Waals surface area contributed by atoms with E-state index in [9.17, 15) is 4.79 Å². The molecule has 0 amide bonds. The van der Waals surface area contributed by atoms with Crippen LogP contribution in [0.3, 0.4) is 0 Å². The van der Waals surface area contributed by atoms with E-state index in [-0.39, 0.29) is 11.7 Å². The largest absolute Gasteiger partial charge is 0.298 e. The Morgan fingerprint density at radius 1 is 1.64 bits per heavy atom. The molecular formula is C9H13ClO. The Morgan fingerprint density at radius 3 is 2.64 bits per heavy atom. The van der Waals surface area contributed by atoms with Crippen molar-refractivity contribution in [2.24, 2.45) is 5.92 Å².